The molecule has 142 valence electrons. The molecular weight excluding hydrogens is 376 g/mol. The molecule has 2 aromatic rings. The van der Waals surface area contributed by atoms with Crippen molar-refractivity contribution in [3.8, 4) is 5.75 Å². The molecule has 0 unspecified atom stereocenters. The molecule has 1 aliphatic heterocycles. The third-order valence-corrected chi connectivity index (χ3v) is 6.65. The molecule has 0 saturated carbocycles. The molecule has 8 heteroatoms. The van der Waals surface area contributed by atoms with E-state index >= 15 is 0 Å². The SMILES string of the molecule is CCc1ccc(OC)c(S(=O)(=O)N(Cl)c2cccc3c2CCNC3)c1.O. The summed E-state index contributed by atoms with van der Waals surface area (Å²) in [5.74, 6) is 0.286. The van der Waals surface area contributed by atoms with Crippen LogP contribution < -0.4 is 13.9 Å². The number of halogens is 1. The zero-order chi connectivity index (χ0) is 18.0. The summed E-state index contributed by atoms with van der Waals surface area (Å²) in [5.41, 5.74) is 3.44. The van der Waals surface area contributed by atoms with Crippen molar-refractivity contribution >= 4 is 27.5 Å². The van der Waals surface area contributed by atoms with Crippen molar-refractivity contribution < 1.29 is 18.6 Å². The van der Waals surface area contributed by atoms with Gasteiger partial charge >= 0.3 is 0 Å². The minimum Gasteiger partial charge on any atom is -0.495 e. The number of nitrogens with one attached hydrogen (secondary N) is 1. The summed E-state index contributed by atoms with van der Waals surface area (Å²) >= 11 is 6.36. The zero-order valence-corrected chi connectivity index (χ0v) is 16.3. The number of anilines is 1. The monoisotopic (exact) mass is 398 g/mol. The first-order chi connectivity index (χ1) is 12.0. The van der Waals surface area contributed by atoms with Crippen molar-refractivity contribution in [2.24, 2.45) is 0 Å². The van der Waals surface area contributed by atoms with Crippen molar-refractivity contribution in [2.45, 2.75) is 31.2 Å². The van der Waals surface area contributed by atoms with Crippen LogP contribution in [0.4, 0.5) is 5.69 Å². The van der Waals surface area contributed by atoms with Crippen molar-refractivity contribution in [3.63, 3.8) is 0 Å². The molecule has 0 radical (unpaired) electrons. The van der Waals surface area contributed by atoms with Gasteiger partial charge in [-0.05, 0) is 54.3 Å². The Morgan fingerprint density at radius 3 is 2.73 bits per heavy atom. The number of fused-ring (bicyclic) bond motifs is 1. The molecule has 0 aliphatic carbocycles. The van der Waals surface area contributed by atoms with Crippen LogP contribution in [0.2, 0.25) is 0 Å². The highest BCUT2D eigenvalue weighted by Gasteiger charge is 2.30. The highest BCUT2D eigenvalue weighted by atomic mass is 35.5. The average molecular weight is 399 g/mol. The molecule has 26 heavy (non-hydrogen) atoms. The third-order valence-electron chi connectivity index (χ3n) is 4.43. The maximum atomic E-state index is 13.2. The lowest BCUT2D eigenvalue weighted by molar-refractivity contribution is 0.402. The lowest BCUT2D eigenvalue weighted by atomic mass is 9.99. The molecule has 6 nitrogen and oxygen atoms in total. The van der Waals surface area contributed by atoms with Gasteiger partial charge in [-0.3, -0.25) is 0 Å². The number of nitrogens with zero attached hydrogens (tertiary/aromatic N) is 1. The van der Waals surface area contributed by atoms with Crippen LogP contribution in [-0.2, 0) is 29.4 Å². The predicted octanol–water partition coefficient (Wildman–Crippen LogP) is 2.43. The van der Waals surface area contributed by atoms with Gasteiger partial charge in [-0.1, -0.05) is 25.1 Å². The fourth-order valence-electron chi connectivity index (χ4n) is 3.03. The maximum Gasteiger partial charge on any atom is 0.281 e. The number of methoxy groups -OCH3 is 1. The minimum absolute atomic E-state index is 0. The molecule has 0 amide bonds. The Morgan fingerprint density at radius 2 is 2.04 bits per heavy atom. The van der Waals surface area contributed by atoms with Crippen molar-refractivity contribution in [1.29, 1.82) is 0 Å². The highest BCUT2D eigenvalue weighted by molar-refractivity contribution is 7.94. The Hall–Kier alpha value is -1.80. The quantitative estimate of drug-likeness (QED) is 0.783. The van der Waals surface area contributed by atoms with Crippen LogP contribution in [0.15, 0.2) is 41.3 Å². The third kappa shape index (κ3) is 3.66. The van der Waals surface area contributed by atoms with E-state index in [0.29, 0.717) is 12.2 Å². The van der Waals surface area contributed by atoms with Crippen LogP contribution in [0.25, 0.3) is 0 Å². The smallest absolute Gasteiger partial charge is 0.281 e. The predicted molar refractivity (Wildman–Crippen MR) is 103 cm³/mol. The summed E-state index contributed by atoms with van der Waals surface area (Å²) in [6, 6.07) is 10.7. The number of ether oxygens (including phenoxy) is 1. The molecule has 1 heterocycles. The van der Waals surface area contributed by atoms with Crippen LogP contribution in [0.5, 0.6) is 5.75 Å². The van der Waals surface area contributed by atoms with Gasteiger partial charge in [0.2, 0.25) is 0 Å². The van der Waals surface area contributed by atoms with Crippen molar-refractivity contribution in [2.75, 3.05) is 17.5 Å². The fraction of sp³-hybridized carbons (Fsp3) is 0.333. The molecule has 3 rings (SSSR count). The Kier molecular flexibility index (Phi) is 6.52. The number of aryl methyl sites for hydroxylation is 1. The zero-order valence-electron chi connectivity index (χ0n) is 14.8. The van der Waals surface area contributed by atoms with E-state index in [-0.39, 0.29) is 16.1 Å². The summed E-state index contributed by atoms with van der Waals surface area (Å²) in [5, 5.41) is 3.28. The van der Waals surface area contributed by atoms with E-state index in [9.17, 15) is 8.42 Å². The van der Waals surface area contributed by atoms with Crippen LogP contribution in [0, 0.1) is 0 Å². The van der Waals surface area contributed by atoms with E-state index < -0.39 is 10.0 Å². The number of rotatable bonds is 5. The van der Waals surface area contributed by atoms with Gasteiger partial charge in [0.1, 0.15) is 10.6 Å². The molecule has 0 aromatic heterocycles. The van der Waals surface area contributed by atoms with Crippen LogP contribution >= 0.6 is 11.8 Å². The molecule has 0 bridgehead atoms. The second kappa shape index (κ2) is 8.26. The van der Waals surface area contributed by atoms with Gasteiger partial charge in [-0.2, -0.15) is 12.2 Å². The van der Waals surface area contributed by atoms with E-state index in [1.807, 2.05) is 25.1 Å². The Bertz CT molecular complexity index is 887. The Balaban J connectivity index is 0.00000243. The van der Waals surface area contributed by atoms with Crippen molar-refractivity contribution in [1.82, 2.24) is 5.32 Å². The van der Waals surface area contributed by atoms with E-state index in [1.165, 1.54) is 7.11 Å². The summed E-state index contributed by atoms with van der Waals surface area (Å²) in [6.45, 7) is 3.48. The summed E-state index contributed by atoms with van der Waals surface area (Å²) < 4.78 is 32.4. The molecule has 3 N–H and O–H groups in total. The molecule has 0 fully saturated rings. The van der Waals surface area contributed by atoms with Gasteiger partial charge in [0.25, 0.3) is 10.0 Å². The van der Waals surface area contributed by atoms with Crippen molar-refractivity contribution in [3.05, 3.63) is 53.1 Å². The summed E-state index contributed by atoms with van der Waals surface area (Å²) in [4.78, 5) is 0.0795. The number of sulfonamides is 1. The van der Waals surface area contributed by atoms with Gasteiger partial charge in [0, 0.05) is 18.3 Å². The van der Waals surface area contributed by atoms with Gasteiger partial charge in [-0.25, -0.2) is 0 Å². The molecular formula is C18H23ClN2O4S. The minimum atomic E-state index is -3.95. The first-order valence-electron chi connectivity index (χ1n) is 8.18. The van der Waals surface area contributed by atoms with E-state index in [1.54, 1.807) is 18.2 Å². The van der Waals surface area contributed by atoms with E-state index in [0.717, 1.165) is 39.9 Å². The number of hydrogen-bond donors (Lipinski definition) is 1. The maximum absolute atomic E-state index is 13.2. The van der Waals surface area contributed by atoms with Gasteiger partial charge in [0.15, 0.2) is 0 Å². The summed E-state index contributed by atoms with van der Waals surface area (Å²) in [7, 11) is -2.49. The van der Waals surface area contributed by atoms with Gasteiger partial charge in [-0.15, -0.1) is 0 Å². The number of benzene rings is 2. The second-order valence-corrected chi connectivity index (χ2v) is 8.19. The van der Waals surface area contributed by atoms with Crippen LogP contribution in [0.3, 0.4) is 0 Å². The normalized spacial score (nSPS) is 13.5. The van der Waals surface area contributed by atoms with E-state index in [4.69, 9.17) is 16.5 Å². The van der Waals surface area contributed by atoms with E-state index in [2.05, 4.69) is 5.32 Å². The molecule has 2 aromatic carbocycles. The molecule has 0 saturated heterocycles. The van der Waals surface area contributed by atoms with Gasteiger partial charge < -0.3 is 15.5 Å². The Morgan fingerprint density at radius 1 is 1.27 bits per heavy atom. The number of hydrogen-bond acceptors (Lipinski definition) is 4. The molecule has 1 aliphatic rings. The lowest BCUT2D eigenvalue weighted by Gasteiger charge is -2.25. The first kappa shape index (κ1) is 20.5. The second-order valence-electron chi connectivity index (χ2n) is 5.90. The first-order valence-corrected chi connectivity index (χ1v) is 9.96. The molecule has 0 atom stereocenters. The molecule has 0 spiro atoms. The summed E-state index contributed by atoms with van der Waals surface area (Å²) in [6.07, 6.45) is 1.46. The Labute approximate surface area is 159 Å². The average Bonchev–Trinajstić information content (AvgIpc) is 2.66. The van der Waals surface area contributed by atoms with Crippen LogP contribution in [0.1, 0.15) is 23.6 Å². The largest absolute Gasteiger partial charge is 0.495 e. The van der Waals surface area contributed by atoms with Gasteiger partial charge in [0.05, 0.1) is 12.8 Å². The lowest BCUT2D eigenvalue weighted by Crippen LogP contribution is -2.28. The fourth-order valence-corrected chi connectivity index (χ4v) is 4.72. The van der Waals surface area contributed by atoms with Crippen LogP contribution in [-0.4, -0.2) is 27.5 Å². The highest BCUT2D eigenvalue weighted by Crippen LogP contribution is 2.35. The standard InChI is InChI=1S/C18H21ClN2O3S.H2O/c1-3-13-7-8-17(24-2)18(11-13)25(22,23)21(19)16-6-4-5-14-12-20-10-9-15(14)16;/h4-8,11,20H,3,9-10,12H2,1-2H3;1H2. The topological polar surface area (TPSA) is 90.1 Å².